The number of methoxy groups -OCH3 is 1. The molecule has 2 aromatic rings. The number of imidazole rings is 1. The van der Waals surface area contributed by atoms with Gasteiger partial charge in [0.25, 0.3) is 0 Å². The molecule has 0 bridgehead atoms. The van der Waals surface area contributed by atoms with E-state index in [1.807, 2.05) is 29.8 Å². The molecule has 0 saturated heterocycles. The molecule has 70 valence electrons. The van der Waals surface area contributed by atoms with Gasteiger partial charge in [0.1, 0.15) is 11.4 Å². The van der Waals surface area contributed by atoms with Crippen molar-refractivity contribution in [2.24, 2.45) is 0 Å². The van der Waals surface area contributed by atoms with E-state index < -0.39 is 0 Å². The maximum Gasteiger partial charge on any atom is 0.140 e. The molecule has 0 aliphatic rings. The Morgan fingerprint density at radius 2 is 2.29 bits per heavy atom. The first-order valence-electron chi connectivity index (χ1n) is 4.24. The van der Waals surface area contributed by atoms with Gasteiger partial charge in [0, 0.05) is 18.5 Å². The Hall–Kier alpha value is -1.95. The second-order valence-electron chi connectivity index (χ2n) is 3.05. The summed E-state index contributed by atoms with van der Waals surface area (Å²) in [5.74, 6) is 3.26. The molecule has 3 nitrogen and oxygen atoms in total. The molecule has 3 heteroatoms. The molecule has 0 radical (unpaired) electrons. The van der Waals surface area contributed by atoms with Gasteiger partial charge in [0.15, 0.2) is 0 Å². The quantitative estimate of drug-likeness (QED) is 0.633. The molecule has 2 aromatic heterocycles. The maximum atomic E-state index is 5.36. The summed E-state index contributed by atoms with van der Waals surface area (Å²) in [6.07, 6.45) is 9.13. The van der Waals surface area contributed by atoms with Crippen molar-refractivity contribution in [3.8, 4) is 18.1 Å². The molecule has 2 heterocycles. The van der Waals surface area contributed by atoms with E-state index in [0.29, 0.717) is 5.75 Å². The molecule has 0 spiro atoms. The highest BCUT2D eigenvalue weighted by molar-refractivity contribution is 5.54. The zero-order valence-electron chi connectivity index (χ0n) is 8.11. The minimum atomic E-state index is 0.686. The van der Waals surface area contributed by atoms with Crippen LogP contribution in [0.5, 0.6) is 5.75 Å². The van der Waals surface area contributed by atoms with Crippen molar-refractivity contribution in [2.75, 3.05) is 7.11 Å². The molecule has 0 N–H and O–H groups in total. The number of nitrogens with zero attached hydrogens (tertiary/aromatic N) is 2. The van der Waals surface area contributed by atoms with E-state index in [1.165, 1.54) is 0 Å². The van der Waals surface area contributed by atoms with Crippen LogP contribution in [0.4, 0.5) is 0 Å². The van der Waals surface area contributed by atoms with E-state index in [9.17, 15) is 0 Å². The molecule has 0 fully saturated rings. The number of hydrogen-bond acceptors (Lipinski definition) is 2. The van der Waals surface area contributed by atoms with Gasteiger partial charge in [-0.05, 0) is 6.92 Å². The van der Waals surface area contributed by atoms with Gasteiger partial charge in [-0.1, -0.05) is 5.92 Å². The van der Waals surface area contributed by atoms with E-state index in [0.717, 1.165) is 16.9 Å². The molecule has 2 rings (SSSR count). The summed E-state index contributed by atoms with van der Waals surface area (Å²) >= 11 is 0. The zero-order chi connectivity index (χ0) is 10.1. The summed E-state index contributed by atoms with van der Waals surface area (Å²) in [4.78, 5) is 4.31. The first kappa shape index (κ1) is 8.64. The molecule has 0 atom stereocenters. The average molecular weight is 186 g/mol. The number of rotatable bonds is 1. The Bertz CT molecular complexity index is 520. The van der Waals surface area contributed by atoms with Crippen LogP contribution in [-0.4, -0.2) is 16.5 Å². The SMILES string of the molecule is C#Cc1cn2cc(C)nc2cc1OC. The van der Waals surface area contributed by atoms with Crippen molar-refractivity contribution in [3.63, 3.8) is 0 Å². The van der Waals surface area contributed by atoms with E-state index in [1.54, 1.807) is 7.11 Å². The van der Waals surface area contributed by atoms with Crippen molar-refractivity contribution in [3.05, 3.63) is 29.7 Å². The normalized spacial score (nSPS) is 10.1. The average Bonchev–Trinajstić information content (AvgIpc) is 2.54. The van der Waals surface area contributed by atoms with Crippen molar-refractivity contribution in [2.45, 2.75) is 6.92 Å². The molecule has 0 aliphatic heterocycles. The highest BCUT2D eigenvalue weighted by Gasteiger charge is 2.04. The Balaban J connectivity index is 2.76. The van der Waals surface area contributed by atoms with Crippen molar-refractivity contribution in [1.29, 1.82) is 0 Å². The standard InChI is InChI=1S/C11H10N2O/c1-4-9-7-13-6-8(2)12-11(13)5-10(9)14-3/h1,5-7H,2-3H3. The van der Waals surface area contributed by atoms with Crippen LogP contribution in [0.3, 0.4) is 0 Å². The predicted molar refractivity (Wildman–Crippen MR) is 54.4 cm³/mol. The Morgan fingerprint density at radius 1 is 1.50 bits per heavy atom. The molecule has 14 heavy (non-hydrogen) atoms. The van der Waals surface area contributed by atoms with Crippen molar-refractivity contribution < 1.29 is 4.74 Å². The number of aromatic nitrogens is 2. The minimum Gasteiger partial charge on any atom is -0.495 e. The summed E-state index contributed by atoms with van der Waals surface area (Å²) in [6.45, 7) is 1.94. The van der Waals surface area contributed by atoms with Crippen LogP contribution in [0.25, 0.3) is 5.65 Å². The fourth-order valence-corrected chi connectivity index (χ4v) is 1.42. The number of aryl methyl sites for hydroxylation is 1. The lowest BCUT2D eigenvalue weighted by Gasteiger charge is -2.03. The van der Waals surface area contributed by atoms with Crippen molar-refractivity contribution >= 4 is 5.65 Å². The molecule has 0 aliphatic carbocycles. The largest absolute Gasteiger partial charge is 0.495 e. The van der Waals surface area contributed by atoms with Crippen LogP contribution < -0.4 is 4.74 Å². The van der Waals surface area contributed by atoms with Crippen LogP contribution in [0.2, 0.25) is 0 Å². The monoisotopic (exact) mass is 186 g/mol. The lowest BCUT2D eigenvalue weighted by atomic mass is 10.2. The van der Waals surface area contributed by atoms with Crippen LogP contribution in [-0.2, 0) is 0 Å². The number of fused-ring (bicyclic) bond motifs is 1. The summed E-state index contributed by atoms with van der Waals surface area (Å²) in [5, 5.41) is 0. The smallest absolute Gasteiger partial charge is 0.140 e. The second-order valence-corrected chi connectivity index (χ2v) is 3.05. The summed E-state index contributed by atoms with van der Waals surface area (Å²) < 4.78 is 7.05. The van der Waals surface area contributed by atoms with E-state index >= 15 is 0 Å². The first-order chi connectivity index (χ1) is 6.74. The van der Waals surface area contributed by atoms with Crippen LogP contribution in [0.1, 0.15) is 11.3 Å². The van der Waals surface area contributed by atoms with Gasteiger partial charge in [0.05, 0.1) is 18.4 Å². The summed E-state index contributed by atoms with van der Waals surface area (Å²) in [5.41, 5.74) is 2.54. The molecular formula is C11H10N2O. The van der Waals surface area contributed by atoms with Gasteiger partial charge in [-0.2, -0.15) is 0 Å². The Morgan fingerprint density at radius 3 is 2.93 bits per heavy atom. The van der Waals surface area contributed by atoms with Gasteiger partial charge in [-0.3, -0.25) is 0 Å². The van der Waals surface area contributed by atoms with Gasteiger partial charge in [-0.25, -0.2) is 4.98 Å². The molecule has 0 amide bonds. The summed E-state index contributed by atoms with van der Waals surface area (Å²) in [7, 11) is 1.60. The van der Waals surface area contributed by atoms with Gasteiger partial charge in [-0.15, -0.1) is 6.42 Å². The molecule has 0 aromatic carbocycles. The number of terminal acetylenes is 1. The lowest BCUT2D eigenvalue weighted by molar-refractivity contribution is 0.413. The van der Waals surface area contributed by atoms with Gasteiger partial charge in [0.2, 0.25) is 0 Å². The molecule has 0 unspecified atom stereocenters. The molecule has 0 saturated carbocycles. The highest BCUT2D eigenvalue weighted by atomic mass is 16.5. The summed E-state index contributed by atoms with van der Waals surface area (Å²) in [6, 6.07) is 1.84. The van der Waals surface area contributed by atoms with Crippen molar-refractivity contribution in [1.82, 2.24) is 9.38 Å². The van der Waals surface area contributed by atoms with E-state index in [2.05, 4.69) is 10.9 Å². The zero-order valence-corrected chi connectivity index (χ0v) is 8.11. The highest BCUT2D eigenvalue weighted by Crippen LogP contribution is 2.19. The third-order valence-corrected chi connectivity index (χ3v) is 2.05. The van der Waals surface area contributed by atoms with Gasteiger partial charge < -0.3 is 9.14 Å². The first-order valence-corrected chi connectivity index (χ1v) is 4.24. The third kappa shape index (κ3) is 1.21. The van der Waals surface area contributed by atoms with Crippen LogP contribution in [0, 0.1) is 19.3 Å². The van der Waals surface area contributed by atoms with E-state index in [4.69, 9.17) is 11.2 Å². The second kappa shape index (κ2) is 3.08. The lowest BCUT2D eigenvalue weighted by Crippen LogP contribution is -1.92. The third-order valence-electron chi connectivity index (χ3n) is 2.05. The number of ether oxygens (including phenoxy) is 1. The Kier molecular flexibility index (Phi) is 1.90. The van der Waals surface area contributed by atoms with Gasteiger partial charge >= 0.3 is 0 Å². The predicted octanol–water partition coefficient (Wildman–Crippen LogP) is 1.63. The fraction of sp³-hybridized carbons (Fsp3) is 0.182. The molecular weight excluding hydrogens is 176 g/mol. The van der Waals surface area contributed by atoms with Crippen LogP contribution in [0.15, 0.2) is 18.5 Å². The Labute approximate surface area is 82.3 Å². The van der Waals surface area contributed by atoms with E-state index in [-0.39, 0.29) is 0 Å². The number of hydrogen-bond donors (Lipinski definition) is 0. The number of pyridine rings is 1. The minimum absolute atomic E-state index is 0.686. The van der Waals surface area contributed by atoms with Crippen LogP contribution >= 0.6 is 0 Å². The fourth-order valence-electron chi connectivity index (χ4n) is 1.42. The maximum absolute atomic E-state index is 5.36. The topological polar surface area (TPSA) is 26.5 Å².